The summed E-state index contributed by atoms with van der Waals surface area (Å²) in [5.41, 5.74) is 2.80. The number of methoxy groups -OCH3 is 1. The van der Waals surface area contributed by atoms with E-state index in [1.807, 2.05) is 30.3 Å². The lowest BCUT2D eigenvalue weighted by Gasteiger charge is -2.09. The van der Waals surface area contributed by atoms with Crippen molar-refractivity contribution in [2.75, 3.05) is 7.11 Å². The highest BCUT2D eigenvalue weighted by molar-refractivity contribution is 5.29. The van der Waals surface area contributed by atoms with Crippen LogP contribution >= 0.6 is 0 Å². The lowest BCUT2D eigenvalue weighted by atomic mass is 10.1. The van der Waals surface area contributed by atoms with E-state index >= 15 is 0 Å². The molecule has 0 heterocycles. The molecule has 2 aromatic carbocycles. The van der Waals surface area contributed by atoms with Crippen LogP contribution in [-0.2, 0) is 19.7 Å². The Morgan fingerprint density at radius 2 is 1.85 bits per heavy atom. The molecule has 0 aliphatic carbocycles. The van der Waals surface area contributed by atoms with Crippen LogP contribution in [0.4, 0.5) is 4.39 Å². The minimum Gasteiger partial charge on any atom is -0.494 e. The predicted molar refractivity (Wildman–Crippen MR) is 75.9 cm³/mol. The summed E-state index contributed by atoms with van der Waals surface area (Å²) in [6.07, 6.45) is 0. The summed E-state index contributed by atoms with van der Waals surface area (Å²) in [4.78, 5) is 0. The molecule has 106 valence electrons. The van der Waals surface area contributed by atoms with E-state index in [-0.39, 0.29) is 18.2 Å². The molecule has 0 aromatic heterocycles. The van der Waals surface area contributed by atoms with Gasteiger partial charge in [0.2, 0.25) is 0 Å². The molecule has 0 bridgehead atoms. The van der Waals surface area contributed by atoms with Crippen molar-refractivity contribution in [1.82, 2.24) is 5.32 Å². The zero-order chi connectivity index (χ0) is 14.4. The maximum Gasteiger partial charge on any atom is 0.165 e. The quantitative estimate of drug-likeness (QED) is 0.851. The first-order chi connectivity index (χ1) is 9.74. The Bertz CT molecular complexity index is 572. The van der Waals surface area contributed by atoms with Gasteiger partial charge in [0, 0.05) is 13.1 Å². The molecule has 3 nitrogen and oxygen atoms in total. The number of halogens is 1. The average Bonchev–Trinajstić information content (AvgIpc) is 2.48. The molecular weight excluding hydrogens is 257 g/mol. The van der Waals surface area contributed by atoms with Crippen LogP contribution in [0.25, 0.3) is 0 Å². The number of ether oxygens (including phenoxy) is 1. The van der Waals surface area contributed by atoms with E-state index in [0.29, 0.717) is 13.1 Å². The number of aliphatic hydroxyl groups is 1. The molecule has 0 unspecified atom stereocenters. The van der Waals surface area contributed by atoms with Crippen molar-refractivity contribution in [3.63, 3.8) is 0 Å². The molecule has 0 saturated carbocycles. The molecule has 0 saturated heterocycles. The lowest BCUT2D eigenvalue weighted by Crippen LogP contribution is -2.14. The molecule has 4 heteroatoms. The van der Waals surface area contributed by atoms with Gasteiger partial charge >= 0.3 is 0 Å². The van der Waals surface area contributed by atoms with Crippen LogP contribution in [0.15, 0.2) is 42.5 Å². The summed E-state index contributed by atoms with van der Waals surface area (Å²) in [6.45, 7) is 1.21. The maximum atomic E-state index is 13.5. The van der Waals surface area contributed by atoms with Gasteiger partial charge in [0.25, 0.3) is 0 Å². The van der Waals surface area contributed by atoms with E-state index in [0.717, 1.165) is 16.7 Å². The smallest absolute Gasteiger partial charge is 0.165 e. The molecule has 2 aromatic rings. The molecule has 2 rings (SSSR count). The summed E-state index contributed by atoms with van der Waals surface area (Å²) < 4.78 is 18.4. The number of hydrogen-bond donors (Lipinski definition) is 2. The molecule has 2 N–H and O–H groups in total. The summed E-state index contributed by atoms with van der Waals surface area (Å²) in [6, 6.07) is 12.6. The van der Waals surface area contributed by atoms with Crippen LogP contribution < -0.4 is 10.1 Å². The van der Waals surface area contributed by atoms with Crippen LogP contribution in [0.3, 0.4) is 0 Å². The van der Waals surface area contributed by atoms with Crippen LogP contribution in [0, 0.1) is 5.82 Å². The van der Waals surface area contributed by atoms with Gasteiger partial charge in [-0.2, -0.15) is 0 Å². The van der Waals surface area contributed by atoms with Crippen molar-refractivity contribution in [3.05, 3.63) is 65.0 Å². The highest BCUT2D eigenvalue weighted by atomic mass is 19.1. The molecule has 20 heavy (non-hydrogen) atoms. The molecular formula is C16H18FNO2. The zero-order valence-electron chi connectivity index (χ0n) is 11.4. The first kappa shape index (κ1) is 14.5. The van der Waals surface area contributed by atoms with Crippen LogP contribution in [0.1, 0.15) is 16.7 Å². The van der Waals surface area contributed by atoms with Crippen molar-refractivity contribution < 1.29 is 14.2 Å². The third kappa shape index (κ3) is 3.56. The Morgan fingerprint density at radius 1 is 1.10 bits per heavy atom. The van der Waals surface area contributed by atoms with Gasteiger partial charge in [0.1, 0.15) is 0 Å². The van der Waals surface area contributed by atoms with Gasteiger partial charge in [-0.15, -0.1) is 0 Å². The van der Waals surface area contributed by atoms with Gasteiger partial charge in [-0.3, -0.25) is 0 Å². The highest BCUT2D eigenvalue weighted by Crippen LogP contribution is 2.17. The topological polar surface area (TPSA) is 41.5 Å². The van der Waals surface area contributed by atoms with Gasteiger partial charge in [-0.1, -0.05) is 30.3 Å². The van der Waals surface area contributed by atoms with Gasteiger partial charge in [-0.05, 0) is 28.8 Å². The Kier molecular flexibility index (Phi) is 5.09. The van der Waals surface area contributed by atoms with Crippen LogP contribution in [0.5, 0.6) is 5.75 Å². The van der Waals surface area contributed by atoms with E-state index in [2.05, 4.69) is 5.32 Å². The summed E-state index contributed by atoms with van der Waals surface area (Å²) in [5, 5.41) is 12.5. The second-order valence-electron chi connectivity index (χ2n) is 4.50. The molecule has 0 amide bonds. The molecule has 0 atom stereocenters. The minimum absolute atomic E-state index is 0.0228. The predicted octanol–water partition coefficient (Wildman–Crippen LogP) is 2.62. The summed E-state index contributed by atoms with van der Waals surface area (Å²) in [5.74, 6) is -0.109. The van der Waals surface area contributed by atoms with Gasteiger partial charge in [-0.25, -0.2) is 4.39 Å². The second-order valence-corrected chi connectivity index (χ2v) is 4.50. The van der Waals surface area contributed by atoms with Crippen molar-refractivity contribution in [2.45, 2.75) is 19.7 Å². The minimum atomic E-state index is -0.359. The second kappa shape index (κ2) is 7.03. The standard InChI is InChI=1S/C16H18FNO2/c1-20-16-7-6-12(8-15(16)17)9-18-10-13-4-2-3-5-14(13)11-19/h2-8,18-19H,9-11H2,1H3. The van der Waals surface area contributed by atoms with E-state index in [1.165, 1.54) is 13.2 Å². The number of benzene rings is 2. The summed E-state index contributed by atoms with van der Waals surface area (Å²) >= 11 is 0. The maximum absolute atomic E-state index is 13.5. The van der Waals surface area contributed by atoms with Crippen LogP contribution in [0.2, 0.25) is 0 Å². The number of aliphatic hydroxyl groups excluding tert-OH is 1. The van der Waals surface area contributed by atoms with Crippen molar-refractivity contribution in [2.24, 2.45) is 0 Å². The van der Waals surface area contributed by atoms with Crippen LogP contribution in [-0.4, -0.2) is 12.2 Å². The normalized spacial score (nSPS) is 10.6. The SMILES string of the molecule is COc1ccc(CNCc2ccccc2CO)cc1F. The number of rotatable bonds is 6. The zero-order valence-corrected chi connectivity index (χ0v) is 11.4. The van der Waals surface area contributed by atoms with Crippen molar-refractivity contribution in [1.29, 1.82) is 0 Å². The fourth-order valence-electron chi connectivity index (χ4n) is 2.05. The highest BCUT2D eigenvalue weighted by Gasteiger charge is 2.04. The van der Waals surface area contributed by atoms with Gasteiger partial charge < -0.3 is 15.2 Å². The van der Waals surface area contributed by atoms with Gasteiger partial charge in [0.05, 0.1) is 13.7 Å². The number of hydrogen-bond acceptors (Lipinski definition) is 3. The Morgan fingerprint density at radius 3 is 2.50 bits per heavy atom. The molecule has 0 aliphatic heterocycles. The molecule has 0 spiro atoms. The molecule has 0 aliphatic rings. The Labute approximate surface area is 118 Å². The monoisotopic (exact) mass is 275 g/mol. The lowest BCUT2D eigenvalue weighted by molar-refractivity contribution is 0.280. The van der Waals surface area contributed by atoms with E-state index in [1.54, 1.807) is 6.07 Å². The fraction of sp³-hybridized carbons (Fsp3) is 0.250. The Hall–Kier alpha value is -1.91. The Balaban J connectivity index is 1.94. The summed E-state index contributed by atoms with van der Waals surface area (Å²) in [7, 11) is 1.45. The number of nitrogens with one attached hydrogen (secondary N) is 1. The largest absolute Gasteiger partial charge is 0.494 e. The van der Waals surface area contributed by atoms with E-state index < -0.39 is 0 Å². The van der Waals surface area contributed by atoms with Crippen molar-refractivity contribution in [3.8, 4) is 5.75 Å². The van der Waals surface area contributed by atoms with Gasteiger partial charge in [0.15, 0.2) is 11.6 Å². The molecule has 0 radical (unpaired) electrons. The molecule has 0 fully saturated rings. The van der Waals surface area contributed by atoms with Crippen molar-refractivity contribution >= 4 is 0 Å². The average molecular weight is 275 g/mol. The first-order valence-electron chi connectivity index (χ1n) is 6.45. The van der Waals surface area contributed by atoms with E-state index in [4.69, 9.17) is 4.74 Å². The fourth-order valence-corrected chi connectivity index (χ4v) is 2.05. The first-order valence-corrected chi connectivity index (χ1v) is 6.45. The third-order valence-electron chi connectivity index (χ3n) is 3.15. The third-order valence-corrected chi connectivity index (χ3v) is 3.15. The van der Waals surface area contributed by atoms with E-state index in [9.17, 15) is 9.50 Å².